The van der Waals surface area contributed by atoms with Gasteiger partial charge in [0.2, 0.25) is 0 Å². The van der Waals surface area contributed by atoms with Crippen LogP contribution in [0, 0.1) is 0 Å². The highest BCUT2D eigenvalue weighted by Crippen LogP contribution is 2.48. The second-order valence-electron chi connectivity index (χ2n) is 5.07. The van der Waals surface area contributed by atoms with Gasteiger partial charge >= 0.3 is 5.97 Å². The largest absolute Gasteiger partial charge is 0.467 e. The van der Waals surface area contributed by atoms with Gasteiger partial charge in [0, 0.05) is 24.5 Å². The predicted molar refractivity (Wildman–Crippen MR) is 70.9 cm³/mol. The molecular weight excluding hydrogens is 284 g/mol. The van der Waals surface area contributed by atoms with Crippen molar-refractivity contribution >= 4 is 17.6 Å². The topological polar surface area (TPSA) is 65.0 Å². The van der Waals surface area contributed by atoms with Gasteiger partial charge in [-0.1, -0.05) is 11.6 Å². The summed E-state index contributed by atoms with van der Waals surface area (Å²) in [5.74, 6) is -0.297. The number of methoxy groups -OCH3 is 1. The number of halogens is 1. The molecule has 1 aromatic carbocycles. The van der Waals surface area contributed by atoms with Crippen LogP contribution in [0.15, 0.2) is 12.1 Å². The van der Waals surface area contributed by atoms with Gasteiger partial charge in [-0.3, -0.25) is 0 Å². The second kappa shape index (κ2) is 4.82. The van der Waals surface area contributed by atoms with Crippen LogP contribution < -0.4 is 9.47 Å². The average molecular weight is 299 g/mol. The number of hydrogen-bond donors (Lipinski definition) is 1. The molecule has 108 valence electrons. The van der Waals surface area contributed by atoms with E-state index < -0.39 is 17.9 Å². The average Bonchev–Trinajstić information content (AvgIpc) is 3.02. The van der Waals surface area contributed by atoms with E-state index in [1.807, 2.05) is 0 Å². The summed E-state index contributed by atoms with van der Waals surface area (Å²) in [5, 5.41) is 10.2. The molecule has 1 fully saturated rings. The van der Waals surface area contributed by atoms with Crippen LogP contribution in [0.3, 0.4) is 0 Å². The monoisotopic (exact) mass is 298 g/mol. The van der Waals surface area contributed by atoms with Crippen molar-refractivity contribution in [3.63, 3.8) is 0 Å². The molecule has 2 aliphatic rings. The zero-order valence-electron chi connectivity index (χ0n) is 11.0. The fraction of sp³-hybridized carbons (Fsp3) is 0.500. The van der Waals surface area contributed by atoms with Crippen LogP contribution in [-0.2, 0) is 9.53 Å². The highest BCUT2D eigenvalue weighted by Gasteiger charge is 2.44. The fourth-order valence-electron chi connectivity index (χ4n) is 2.70. The fourth-order valence-corrected chi connectivity index (χ4v) is 2.95. The Hall–Kier alpha value is -1.46. The standard InChI is InChI=1S/C14H15ClO5/c1-18-13(17)12(16)8-6-10-11(7-9(8)15)20-14(19-10)4-2-3-5-14/h6-7,12,16H,2-5H2,1H3. The maximum Gasteiger partial charge on any atom is 0.339 e. The number of carbonyl (C=O) groups excluding carboxylic acids is 1. The van der Waals surface area contributed by atoms with Crippen LogP contribution in [-0.4, -0.2) is 24.0 Å². The third-order valence-corrected chi connectivity index (χ3v) is 4.07. The smallest absolute Gasteiger partial charge is 0.339 e. The highest BCUT2D eigenvalue weighted by atomic mass is 35.5. The quantitative estimate of drug-likeness (QED) is 0.850. The first-order valence-electron chi connectivity index (χ1n) is 6.52. The van der Waals surface area contributed by atoms with Gasteiger partial charge in [-0.2, -0.15) is 0 Å². The van der Waals surface area contributed by atoms with Gasteiger partial charge in [-0.05, 0) is 18.9 Å². The number of fused-ring (bicyclic) bond motifs is 1. The van der Waals surface area contributed by atoms with E-state index in [-0.39, 0.29) is 10.6 Å². The molecule has 1 saturated carbocycles. The van der Waals surface area contributed by atoms with Gasteiger partial charge in [0.1, 0.15) is 0 Å². The number of benzene rings is 1. The van der Waals surface area contributed by atoms with Crippen molar-refractivity contribution in [2.75, 3.05) is 7.11 Å². The molecule has 1 unspecified atom stereocenters. The molecule has 1 atom stereocenters. The molecule has 0 amide bonds. The van der Waals surface area contributed by atoms with E-state index in [0.717, 1.165) is 25.7 Å². The third kappa shape index (κ3) is 2.11. The Morgan fingerprint density at radius 2 is 1.95 bits per heavy atom. The van der Waals surface area contributed by atoms with Crippen molar-refractivity contribution < 1.29 is 24.1 Å². The van der Waals surface area contributed by atoms with E-state index in [4.69, 9.17) is 21.1 Å². The molecule has 5 nitrogen and oxygen atoms in total. The zero-order chi connectivity index (χ0) is 14.3. The number of ether oxygens (including phenoxy) is 3. The molecule has 1 aromatic rings. The molecule has 1 spiro atoms. The Morgan fingerprint density at radius 1 is 1.35 bits per heavy atom. The Morgan fingerprint density at radius 3 is 2.55 bits per heavy atom. The molecule has 1 aliphatic heterocycles. The molecule has 1 N–H and O–H groups in total. The Labute approximate surface area is 121 Å². The van der Waals surface area contributed by atoms with Crippen molar-refractivity contribution in [1.82, 2.24) is 0 Å². The number of esters is 1. The minimum Gasteiger partial charge on any atom is -0.467 e. The maximum atomic E-state index is 11.4. The number of carbonyl (C=O) groups is 1. The van der Waals surface area contributed by atoms with Crippen LogP contribution in [0.4, 0.5) is 0 Å². The number of aliphatic hydroxyl groups is 1. The summed E-state index contributed by atoms with van der Waals surface area (Å²) in [6.45, 7) is 0. The Balaban J connectivity index is 1.92. The van der Waals surface area contributed by atoms with Crippen LogP contribution in [0.1, 0.15) is 37.4 Å². The van der Waals surface area contributed by atoms with Crippen LogP contribution in [0.5, 0.6) is 11.5 Å². The second-order valence-corrected chi connectivity index (χ2v) is 5.48. The van der Waals surface area contributed by atoms with E-state index >= 15 is 0 Å². The van der Waals surface area contributed by atoms with E-state index in [2.05, 4.69) is 4.74 Å². The maximum absolute atomic E-state index is 11.4. The third-order valence-electron chi connectivity index (χ3n) is 3.74. The first-order valence-corrected chi connectivity index (χ1v) is 6.90. The van der Waals surface area contributed by atoms with Crippen molar-refractivity contribution in [3.8, 4) is 11.5 Å². The summed E-state index contributed by atoms with van der Waals surface area (Å²) < 4.78 is 16.2. The molecule has 20 heavy (non-hydrogen) atoms. The molecule has 6 heteroatoms. The molecule has 1 aliphatic carbocycles. The van der Waals surface area contributed by atoms with E-state index in [1.165, 1.54) is 7.11 Å². The number of aliphatic hydroxyl groups excluding tert-OH is 1. The van der Waals surface area contributed by atoms with Gasteiger partial charge in [0.25, 0.3) is 5.79 Å². The molecular formula is C14H15ClO5. The van der Waals surface area contributed by atoms with Crippen LogP contribution in [0.2, 0.25) is 5.02 Å². The number of hydrogen-bond acceptors (Lipinski definition) is 5. The lowest BCUT2D eigenvalue weighted by molar-refractivity contribution is -0.150. The molecule has 0 saturated heterocycles. The lowest BCUT2D eigenvalue weighted by Crippen LogP contribution is -2.34. The minimum atomic E-state index is -1.43. The van der Waals surface area contributed by atoms with Gasteiger partial charge in [0.05, 0.1) is 12.1 Å². The van der Waals surface area contributed by atoms with Gasteiger partial charge in [-0.15, -0.1) is 0 Å². The lowest BCUT2D eigenvalue weighted by atomic mass is 10.1. The van der Waals surface area contributed by atoms with Gasteiger partial charge in [0.15, 0.2) is 17.6 Å². The molecule has 1 heterocycles. The SMILES string of the molecule is COC(=O)C(O)c1cc2c(cc1Cl)OC1(CCCC1)O2. The predicted octanol–water partition coefficient (Wildman–Crippen LogP) is 2.59. The summed E-state index contributed by atoms with van der Waals surface area (Å²) in [4.78, 5) is 11.4. The van der Waals surface area contributed by atoms with Gasteiger partial charge < -0.3 is 19.3 Å². The van der Waals surface area contributed by atoms with E-state index in [1.54, 1.807) is 12.1 Å². The Bertz CT molecular complexity index is 551. The summed E-state index contributed by atoms with van der Waals surface area (Å²) in [5.41, 5.74) is 0.260. The summed E-state index contributed by atoms with van der Waals surface area (Å²) >= 11 is 6.10. The van der Waals surface area contributed by atoms with Crippen molar-refractivity contribution in [2.24, 2.45) is 0 Å². The first-order chi connectivity index (χ1) is 9.54. The summed E-state index contributed by atoms with van der Waals surface area (Å²) in [6, 6.07) is 3.12. The Kier molecular flexibility index (Phi) is 3.26. The lowest BCUT2D eigenvalue weighted by Gasteiger charge is -2.21. The van der Waals surface area contributed by atoms with E-state index in [9.17, 15) is 9.90 Å². The first kappa shape index (κ1) is 13.5. The van der Waals surface area contributed by atoms with E-state index in [0.29, 0.717) is 11.5 Å². The summed E-state index contributed by atoms with van der Waals surface area (Å²) in [6.07, 6.45) is 2.34. The van der Waals surface area contributed by atoms with Crippen LogP contribution in [0.25, 0.3) is 0 Å². The normalized spacial score (nSPS) is 20.1. The van der Waals surface area contributed by atoms with Crippen LogP contribution >= 0.6 is 11.6 Å². The molecule has 3 rings (SSSR count). The van der Waals surface area contributed by atoms with Gasteiger partial charge in [-0.25, -0.2) is 4.79 Å². The zero-order valence-corrected chi connectivity index (χ0v) is 11.8. The minimum absolute atomic E-state index is 0.250. The molecule has 0 radical (unpaired) electrons. The number of rotatable bonds is 2. The highest BCUT2D eigenvalue weighted by molar-refractivity contribution is 6.31. The van der Waals surface area contributed by atoms with Crippen molar-refractivity contribution in [2.45, 2.75) is 37.6 Å². The molecule has 0 aromatic heterocycles. The summed E-state index contributed by atoms with van der Waals surface area (Å²) in [7, 11) is 1.21. The molecule has 0 bridgehead atoms. The van der Waals surface area contributed by atoms with Crippen molar-refractivity contribution in [3.05, 3.63) is 22.7 Å². The van der Waals surface area contributed by atoms with Crippen molar-refractivity contribution in [1.29, 1.82) is 0 Å².